The van der Waals surface area contributed by atoms with E-state index in [1.165, 1.54) is 37.7 Å². The first-order chi connectivity index (χ1) is 15.1. The summed E-state index contributed by atoms with van der Waals surface area (Å²) >= 11 is 0. The Kier molecular flexibility index (Phi) is 7.44. The van der Waals surface area contributed by atoms with E-state index in [2.05, 4.69) is 29.4 Å². The number of fused-ring (bicyclic) bond motifs is 1. The number of amides is 2. The second-order valence-electron chi connectivity index (χ2n) is 9.48. The van der Waals surface area contributed by atoms with Gasteiger partial charge in [0.25, 0.3) is 5.91 Å². The van der Waals surface area contributed by atoms with Gasteiger partial charge in [0, 0.05) is 31.2 Å². The van der Waals surface area contributed by atoms with Crippen LogP contribution in [0.5, 0.6) is 0 Å². The van der Waals surface area contributed by atoms with E-state index in [-0.39, 0.29) is 24.3 Å². The Balaban J connectivity index is 1.33. The highest BCUT2D eigenvalue weighted by Gasteiger charge is 2.40. The molecule has 0 spiro atoms. The molecule has 0 aromatic heterocycles. The van der Waals surface area contributed by atoms with Gasteiger partial charge in [-0.25, -0.2) is 0 Å². The molecule has 168 valence electrons. The largest absolute Gasteiger partial charge is 0.355 e. The first kappa shape index (κ1) is 22.1. The molecule has 5 nitrogen and oxygen atoms in total. The molecular formula is C26H37N3O2. The van der Waals surface area contributed by atoms with Crippen LogP contribution in [-0.4, -0.2) is 53.8 Å². The Morgan fingerprint density at radius 1 is 1.06 bits per heavy atom. The number of nitrogens with one attached hydrogen (secondary N) is 1. The van der Waals surface area contributed by atoms with E-state index in [1.54, 1.807) is 0 Å². The van der Waals surface area contributed by atoms with Crippen molar-refractivity contribution in [3.63, 3.8) is 0 Å². The summed E-state index contributed by atoms with van der Waals surface area (Å²) in [5.41, 5.74) is 3.14. The molecule has 5 heteroatoms. The van der Waals surface area contributed by atoms with Gasteiger partial charge < -0.3 is 15.1 Å². The lowest BCUT2D eigenvalue weighted by Gasteiger charge is -2.31. The van der Waals surface area contributed by atoms with Crippen LogP contribution < -0.4 is 5.32 Å². The molecule has 1 aliphatic heterocycles. The van der Waals surface area contributed by atoms with Crippen molar-refractivity contribution in [3.8, 4) is 0 Å². The van der Waals surface area contributed by atoms with Gasteiger partial charge in [0.1, 0.15) is 0 Å². The summed E-state index contributed by atoms with van der Waals surface area (Å²) in [4.78, 5) is 30.4. The number of nitrogens with zero attached hydrogens (tertiary/aromatic N) is 2. The number of carbonyl (C=O) groups excluding carboxylic acids is 2. The minimum absolute atomic E-state index is 0.0150. The van der Waals surface area contributed by atoms with Crippen LogP contribution in [0.1, 0.15) is 69.8 Å². The van der Waals surface area contributed by atoms with Crippen LogP contribution >= 0.6 is 0 Å². The van der Waals surface area contributed by atoms with Gasteiger partial charge in [-0.1, -0.05) is 56.0 Å². The molecular weight excluding hydrogens is 386 g/mol. The van der Waals surface area contributed by atoms with Crippen LogP contribution in [-0.2, 0) is 16.1 Å². The Hall–Kier alpha value is -2.14. The van der Waals surface area contributed by atoms with Crippen molar-refractivity contribution in [1.29, 1.82) is 0 Å². The van der Waals surface area contributed by atoms with Gasteiger partial charge >= 0.3 is 0 Å². The average molecular weight is 424 g/mol. The highest BCUT2D eigenvalue weighted by Crippen LogP contribution is 2.38. The van der Waals surface area contributed by atoms with Crippen LogP contribution in [0.4, 0.5) is 0 Å². The fourth-order valence-corrected chi connectivity index (χ4v) is 5.59. The van der Waals surface area contributed by atoms with Crippen molar-refractivity contribution in [1.82, 2.24) is 15.1 Å². The summed E-state index contributed by atoms with van der Waals surface area (Å²) in [5, 5.41) is 3.07. The van der Waals surface area contributed by atoms with Crippen LogP contribution in [0.2, 0.25) is 0 Å². The molecule has 1 aromatic carbocycles. The number of rotatable bonds is 8. The van der Waals surface area contributed by atoms with E-state index in [1.807, 2.05) is 23.1 Å². The average Bonchev–Trinajstić information content (AvgIpc) is 3.06. The van der Waals surface area contributed by atoms with Crippen LogP contribution in [0.15, 0.2) is 41.5 Å². The number of carbonyl (C=O) groups is 2. The van der Waals surface area contributed by atoms with Crippen LogP contribution in [0.25, 0.3) is 0 Å². The van der Waals surface area contributed by atoms with Crippen molar-refractivity contribution in [2.75, 3.05) is 20.1 Å². The summed E-state index contributed by atoms with van der Waals surface area (Å²) in [6, 6.07) is 11.0. The molecule has 2 amide bonds. The highest BCUT2D eigenvalue weighted by molar-refractivity contribution is 6.02. The molecule has 3 aliphatic rings. The fraction of sp³-hybridized carbons (Fsp3) is 0.615. The van der Waals surface area contributed by atoms with Gasteiger partial charge in [-0.3, -0.25) is 9.59 Å². The molecule has 1 aromatic rings. The van der Waals surface area contributed by atoms with Crippen molar-refractivity contribution in [2.24, 2.45) is 0 Å². The Bertz CT molecular complexity index is 798. The zero-order valence-electron chi connectivity index (χ0n) is 18.9. The molecule has 0 bridgehead atoms. The first-order valence-corrected chi connectivity index (χ1v) is 12.2. The zero-order chi connectivity index (χ0) is 21.6. The molecule has 1 heterocycles. The maximum absolute atomic E-state index is 13.3. The third-order valence-electron chi connectivity index (χ3n) is 7.38. The Labute approximate surface area is 186 Å². The lowest BCUT2D eigenvalue weighted by molar-refractivity contribution is -0.129. The van der Waals surface area contributed by atoms with Crippen molar-refractivity contribution in [3.05, 3.63) is 47.0 Å². The first-order valence-electron chi connectivity index (χ1n) is 12.2. The highest BCUT2D eigenvalue weighted by atomic mass is 16.2. The third kappa shape index (κ3) is 5.38. The summed E-state index contributed by atoms with van der Waals surface area (Å²) in [7, 11) is 2.17. The van der Waals surface area contributed by atoms with Gasteiger partial charge in [-0.15, -0.1) is 0 Å². The number of hydrogen-bond donors (Lipinski definition) is 1. The molecule has 31 heavy (non-hydrogen) atoms. The number of likely N-dealkylation sites (N-methyl/N-ethyl adjacent to an activating group) is 1. The van der Waals surface area contributed by atoms with E-state index >= 15 is 0 Å². The standard InChI is InChI=1S/C26H37N3O2/c1-28(21-12-6-3-7-13-21)17-16-27-25(30)18-23-22-14-8-9-15-24(22)29(26(23)31)19-20-10-4-2-5-11-20/h2,4-5,10-11,21,24H,3,6-9,12-19H2,1H3,(H,27,30). The Morgan fingerprint density at radius 2 is 1.81 bits per heavy atom. The smallest absolute Gasteiger partial charge is 0.251 e. The predicted octanol–water partition coefficient (Wildman–Crippen LogP) is 4.04. The molecule has 1 atom stereocenters. The fourth-order valence-electron chi connectivity index (χ4n) is 5.59. The number of hydrogen-bond acceptors (Lipinski definition) is 3. The van der Waals surface area contributed by atoms with Gasteiger partial charge in [-0.2, -0.15) is 0 Å². The Morgan fingerprint density at radius 3 is 2.58 bits per heavy atom. The van der Waals surface area contributed by atoms with Gasteiger partial charge in [0.05, 0.1) is 12.5 Å². The van der Waals surface area contributed by atoms with Crippen molar-refractivity contribution >= 4 is 11.8 Å². The molecule has 1 unspecified atom stereocenters. The summed E-state index contributed by atoms with van der Waals surface area (Å²) in [6.07, 6.45) is 11.0. The van der Waals surface area contributed by atoms with Crippen LogP contribution in [0, 0.1) is 0 Å². The zero-order valence-corrected chi connectivity index (χ0v) is 18.9. The van der Waals surface area contributed by atoms with E-state index < -0.39 is 0 Å². The molecule has 0 saturated heterocycles. The molecule has 4 rings (SSSR count). The van der Waals surface area contributed by atoms with Gasteiger partial charge in [0.2, 0.25) is 5.91 Å². The maximum Gasteiger partial charge on any atom is 0.251 e. The maximum atomic E-state index is 13.3. The SMILES string of the molecule is CN(CCNC(=O)CC1=C2CCCCC2N(Cc2ccccc2)C1=O)C1CCCCC1. The molecule has 2 saturated carbocycles. The second kappa shape index (κ2) is 10.4. The minimum atomic E-state index is -0.0150. The van der Waals surface area contributed by atoms with E-state index in [9.17, 15) is 9.59 Å². The molecule has 2 aliphatic carbocycles. The minimum Gasteiger partial charge on any atom is -0.355 e. The van der Waals surface area contributed by atoms with Gasteiger partial charge in [-0.05, 0) is 50.3 Å². The summed E-state index contributed by atoms with van der Waals surface area (Å²) < 4.78 is 0. The second-order valence-corrected chi connectivity index (χ2v) is 9.48. The van der Waals surface area contributed by atoms with Crippen molar-refractivity contribution < 1.29 is 9.59 Å². The lowest BCUT2D eigenvalue weighted by Crippen LogP contribution is -2.39. The number of benzene rings is 1. The summed E-state index contributed by atoms with van der Waals surface area (Å²) in [6.45, 7) is 2.16. The van der Waals surface area contributed by atoms with Gasteiger partial charge in [0.15, 0.2) is 0 Å². The predicted molar refractivity (Wildman–Crippen MR) is 123 cm³/mol. The molecule has 2 fully saturated rings. The topological polar surface area (TPSA) is 52.7 Å². The van der Waals surface area contributed by atoms with E-state index in [4.69, 9.17) is 0 Å². The normalized spacial score (nSPS) is 22.2. The van der Waals surface area contributed by atoms with E-state index in [0.717, 1.165) is 43.4 Å². The van der Waals surface area contributed by atoms with Crippen molar-refractivity contribution in [2.45, 2.75) is 82.8 Å². The quantitative estimate of drug-likeness (QED) is 0.687. The lowest BCUT2D eigenvalue weighted by atomic mass is 9.88. The van der Waals surface area contributed by atoms with Crippen LogP contribution in [0.3, 0.4) is 0 Å². The third-order valence-corrected chi connectivity index (χ3v) is 7.38. The summed E-state index contributed by atoms with van der Waals surface area (Å²) in [5.74, 6) is 0.0546. The molecule has 0 radical (unpaired) electrons. The monoisotopic (exact) mass is 423 g/mol. The van der Waals surface area contributed by atoms with E-state index in [0.29, 0.717) is 19.1 Å². The molecule has 1 N–H and O–H groups in total.